The van der Waals surface area contributed by atoms with Gasteiger partial charge in [-0.1, -0.05) is 63.8 Å². The SMILES string of the molecule is C=CC=C.CC.Cc1ccccc1OC1CCCCC1. The minimum absolute atomic E-state index is 0.463. The van der Waals surface area contributed by atoms with Gasteiger partial charge in [0.1, 0.15) is 5.75 Å². The van der Waals surface area contributed by atoms with Crippen molar-refractivity contribution in [1.29, 1.82) is 0 Å². The van der Waals surface area contributed by atoms with Crippen LogP contribution < -0.4 is 4.74 Å². The molecular weight excluding hydrogens is 244 g/mol. The summed E-state index contributed by atoms with van der Waals surface area (Å²) in [5.74, 6) is 1.07. The third-order valence-corrected chi connectivity index (χ3v) is 3.11. The molecule has 0 amide bonds. The highest BCUT2D eigenvalue weighted by atomic mass is 16.5. The number of hydrogen-bond donors (Lipinski definition) is 0. The number of para-hydroxylation sites is 1. The lowest BCUT2D eigenvalue weighted by molar-refractivity contribution is 0.154. The maximum atomic E-state index is 5.99. The molecule has 0 N–H and O–H groups in total. The molecule has 0 heterocycles. The molecular formula is C19H30O. The molecule has 2 rings (SSSR count). The second kappa shape index (κ2) is 12.5. The Bertz CT molecular complexity index is 356. The van der Waals surface area contributed by atoms with Crippen molar-refractivity contribution in [3.63, 3.8) is 0 Å². The van der Waals surface area contributed by atoms with Crippen molar-refractivity contribution >= 4 is 0 Å². The molecule has 0 atom stereocenters. The Labute approximate surface area is 125 Å². The first-order chi connectivity index (χ1) is 9.77. The predicted octanol–water partition coefficient (Wildman–Crippen LogP) is 6.09. The lowest BCUT2D eigenvalue weighted by Gasteiger charge is -2.23. The van der Waals surface area contributed by atoms with Crippen LogP contribution >= 0.6 is 0 Å². The molecule has 0 spiro atoms. The Kier molecular flexibility index (Phi) is 11.6. The summed E-state index contributed by atoms with van der Waals surface area (Å²) in [5.41, 5.74) is 1.25. The van der Waals surface area contributed by atoms with Crippen LogP contribution in [0.1, 0.15) is 51.5 Å². The summed E-state index contributed by atoms with van der Waals surface area (Å²) in [6.07, 6.45) is 10.2. The minimum atomic E-state index is 0.463. The first kappa shape index (κ1) is 18.5. The van der Waals surface area contributed by atoms with Gasteiger partial charge < -0.3 is 4.74 Å². The molecule has 112 valence electrons. The number of benzene rings is 1. The molecule has 1 saturated carbocycles. The van der Waals surface area contributed by atoms with Crippen LogP contribution in [0.3, 0.4) is 0 Å². The summed E-state index contributed by atoms with van der Waals surface area (Å²) in [6, 6.07) is 8.29. The zero-order valence-electron chi connectivity index (χ0n) is 13.4. The van der Waals surface area contributed by atoms with E-state index in [1.807, 2.05) is 19.9 Å². The predicted molar refractivity (Wildman–Crippen MR) is 90.4 cm³/mol. The summed E-state index contributed by atoms with van der Waals surface area (Å²) >= 11 is 0. The fourth-order valence-electron chi connectivity index (χ4n) is 2.05. The highest BCUT2D eigenvalue weighted by molar-refractivity contribution is 5.31. The number of rotatable bonds is 3. The smallest absolute Gasteiger partial charge is 0.122 e. The van der Waals surface area contributed by atoms with Crippen molar-refractivity contribution in [3.05, 3.63) is 55.1 Å². The Morgan fingerprint density at radius 3 is 2.05 bits per heavy atom. The average Bonchev–Trinajstić information content (AvgIpc) is 2.53. The van der Waals surface area contributed by atoms with Gasteiger partial charge in [0.25, 0.3) is 0 Å². The zero-order chi connectivity index (χ0) is 15.2. The van der Waals surface area contributed by atoms with Crippen molar-refractivity contribution < 1.29 is 4.74 Å². The minimum Gasteiger partial charge on any atom is -0.490 e. The van der Waals surface area contributed by atoms with Crippen LogP contribution in [-0.2, 0) is 0 Å². The molecule has 1 nitrogen and oxygen atoms in total. The summed E-state index contributed by atoms with van der Waals surface area (Å²) in [7, 11) is 0. The molecule has 0 radical (unpaired) electrons. The first-order valence-corrected chi connectivity index (χ1v) is 7.73. The Balaban J connectivity index is 0.000000521. The van der Waals surface area contributed by atoms with Gasteiger partial charge in [0, 0.05) is 0 Å². The van der Waals surface area contributed by atoms with Crippen LogP contribution in [0.2, 0.25) is 0 Å². The topological polar surface area (TPSA) is 9.23 Å². The van der Waals surface area contributed by atoms with Gasteiger partial charge in [0.15, 0.2) is 0 Å². The Morgan fingerprint density at radius 2 is 1.55 bits per heavy atom. The van der Waals surface area contributed by atoms with E-state index in [2.05, 4.69) is 38.3 Å². The largest absolute Gasteiger partial charge is 0.490 e. The third-order valence-electron chi connectivity index (χ3n) is 3.11. The van der Waals surface area contributed by atoms with E-state index in [1.54, 1.807) is 12.2 Å². The van der Waals surface area contributed by atoms with E-state index in [0.717, 1.165) is 5.75 Å². The maximum absolute atomic E-state index is 5.99. The molecule has 0 bridgehead atoms. The van der Waals surface area contributed by atoms with Crippen LogP contribution in [0.25, 0.3) is 0 Å². The number of ether oxygens (including phenoxy) is 1. The summed E-state index contributed by atoms with van der Waals surface area (Å²) in [5, 5.41) is 0. The highest BCUT2D eigenvalue weighted by Gasteiger charge is 2.15. The van der Waals surface area contributed by atoms with E-state index in [-0.39, 0.29) is 0 Å². The second-order valence-corrected chi connectivity index (χ2v) is 4.61. The molecule has 0 unspecified atom stereocenters. The second-order valence-electron chi connectivity index (χ2n) is 4.61. The molecule has 1 aliphatic carbocycles. The van der Waals surface area contributed by atoms with Crippen molar-refractivity contribution in [2.24, 2.45) is 0 Å². The highest BCUT2D eigenvalue weighted by Crippen LogP contribution is 2.25. The summed E-state index contributed by atoms with van der Waals surface area (Å²) in [4.78, 5) is 0. The van der Waals surface area contributed by atoms with Gasteiger partial charge in [-0.25, -0.2) is 0 Å². The van der Waals surface area contributed by atoms with Gasteiger partial charge in [0.05, 0.1) is 6.10 Å². The van der Waals surface area contributed by atoms with Crippen molar-refractivity contribution in [3.8, 4) is 5.75 Å². The Morgan fingerprint density at radius 1 is 1.00 bits per heavy atom. The van der Waals surface area contributed by atoms with Gasteiger partial charge in [-0.15, -0.1) is 0 Å². The number of hydrogen-bond acceptors (Lipinski definition) is 1. The van der Waals surface area contributed by atoms with E-state index in [0.29, 0.717) is 6.10 Å². The zero-order valence-corrected chi connectivity index (χ0v) is 13.4. The normalized spacial score (nSPS) is 13.9. The molecule has 1 aromatic carbocycles. The first-order valence-electron chi connectivity index (χ1n) is 7.73. The van der Waals surface area contributed by atoms with Gasteiger partial charge in [-0.3, -0.25) is 0 Å². The average molecular weight is 274 g/mol. The molecule has 0 aliphatic heterocycles. The van der Waals surface area contributed by atoms with Gasteiger partial charge >= 0.3 is 0 Å². The fraction of sp³-hybridized carbons (Fsp3) is 0.474. The van der Waals surface area contributed by atoms with E-state index in [4.69, 9.17) is 4.74 Å². The van der Waals surface area contributed by atoms with Crippen LogP contribution in [0.15, 0.2) is 49.6 Å². The monoisotopic (exact) mass is 274 g/mol. The quantitative estimate of drug-likeness (QED) is 0.606. The van der Waals surface area contributed by atoms with Gasteiger partial charge in [-0.05, 0) is 44.2 Å². The summed E-state index contributed by atoms with van der Waals surface area (Å²) < 4.78 is 5.99. The molecule has 1 heteroatoms. The molecule has 20 heavy (non-hydrogen) atoms. The van der Waals surface area contributed by atoms with Crippen LogP contribution in [0.4, 0.5) is 0 Å². The standard InChI is InChI=1S/C13H18O.C4H6.C2H6/c1-11-7-5-6-10-13(11)14-12-8-3-2-4-9-12;1-3-4-2;1-2/h5-7,10,12H,2-4,8-9H2,1H3;3-4H,1-2H2;1-2H3. The van der Waals surface area contributed by atoms with Gasteiger partial charge in [0.2, 0.25) is 0 Å². The molecule has 1 fully saturated rings. The van der Waals surface area contributed by atoms with Crippen LogP contribution in [0.5, 0.6) is 5.75 Å². The lowest BCUT2D eigenvalue weighted by atomic mass is 9.98. The fourth-order valence-corrected chi connectivity index (χ4v) is 2.05. The van der Waals surface area contributed by atoms with Crippen molar-refractivity contribution in [2.75, 3.05) is 0 Å². The Hall–Kier alpha value is -1.50. The van der Waals surface area contributed by atoms with Crippen molar-refractivity contribution in [2.45, 2.75) is 59.0 Å². The summed E-state index contributed by atoms with van der Waals surface area (Å²) in [6.45, 7) is 12.8. The third kappa shape index (κ3) is 7.83. The van der Waals surface area contributed by atoms with E-state index in [1.165, 1.54) is 37.7 Å². The number of allylic oxidation sites excluding steroid dienone is 2. The van der Waals surface area contributed by atoms with Gasteiger partial charge in [-0.2, -0.15) is 0 Å². The lowest BCUT2D eigenvalue weighted by Crippen LogP contribution is -2.19. The van der Waals surface area contributed by atoms with Crippen molar-refractivity contribution in [1.82, 2.24) is 0 Å². The van der Waals surface area contributed by atoms with E-state index in [9.17, 15) is 0 Å². The van der Waals surface area contributed by atoms with E-state index < -0.39 is 0 Å². The maximum Gasteiger partial charge on any atom is 0.122 e. The molecule has 1 aromatic rings. The van der Waals surface area contributed by atoms with Crippen LogP contribution in [0, 0.1) is 6.92 Å². The molecule has 1 aliphatic rings. The number of aryl methyl sites for hydroxylation is 1. The molecule has 0 saturated heterocycles. The van der Waals surface area contributed by atoms with Crippen LogP contribution in [-0.4, -0.2) is 6.10 Å². The van der Waals surface area contributed by atoms with E-state index >= 15 is 0 Å². The molecule has 0 aromatic heterocycles.